The second-order valence-electron chi connectivity index (χ2n) is 7.00. The fraction of sp³-hybridized carbons (Fsp3) is 0.190. The van der Waals surface area contributed by atoms with Crippen LogP contribution in [0, 0.1) is 0 Å². The Hall–Kier alpha value is -3.53. The lowest BCUT2D eigenvalue weighted by atomic mass is 9.95. The summed E-state index contributed by atoms with van der Waals surface area (Å²) in [7, 11) is 1.50. The zero-order valence-corrected chi connectivity index (χ0v) is 17.6. The van der Waals surface area contributed by atoms with E-state index in [1.165, 1.54) is 7.11 Å². The van der Waals surface area contributed by atoms with Gasteiger partial charge in [0.1, 0.15) is 11.8 Å². The molecule has 1 amide bonds. The number of benzene rings is 2. The summed E-state index contributed by atoms with van der Waals surface area (Å²) >= 11 is 5.89. The third kappa shape index (κ3) is 4.13. The highest BCUT2D eigenvalue weighted by Gasteiger charge is 2.41. The minimum Gasteiger partial charge on any atom is -0.497 e. The van der Waals surface area contributed by atoms with E-state index >= 15 is 0 Å². The molecule has 1 aliphatic rings. The van der Waals surface area contributed by atoms with Crippen LogP contribution in [0.5, 0.6) is 5.75 Å². The van der Waals surface area contributed by atoms with Gasteiger partial charge in [-0.1, -0.05) is 23.7 Å². The summed E-state index contributed by atoms with van der Waals surface area (Å²) in [5.41, 5.74) is 1.56. The summed E-state index contributed by atoms with van der Waals surface area (Å²) in [6.45, 7) is 1.60. The van der Waals surface area contributed by atoms with Crippen LogP contribution in [0.2, 0.25) is 5.02 Å². The zero-order valence-electron chi connectivity index (χ0n) is 16.9. The monoisotopic (exact) mass is 463 g/mol. The Morgan fingerprint density at radius 3 is 2.41 bits per heavy atom. The van der Waals surface area contributed by atoms with Crippen LogP contribution in [0.4, 0.5) is 24.8 Å². The molecule has 1 unspecified atom stereocenters. The molecular formula is C21H17ClF3N5O2. The lowest BCUT2D eigenvalue weighted by Crippen LogP contribution is -2.31. The molecule has 7 nitrogen and oxygen atoms in total. The number of nitrogens with zero attached hydrogens (tertiary/aromatic N) is 3. The van der Waals surface area contributed by atoms with E-state index in [0.717, 1.165) is 4.68 Å². The first-order valence-corrected chi connectivity index (χ1v) is 9.77. The van der Waals surface area contributed by atoms with E-state index in [1.54, 1.807) is 55.5 Å². The van der Waals surface area contributed by atoms with Gasteiger partial charge in [-0.25, -0.2) is 4.68 Å². The van der Waals surface area contributed by atoms with E-state index in [2.05, 4.69) is 20.7 Å². The molecule has 0 aliphatic carbocycles. The van der Waals surface area contributed by atoms with E-state index < -0.39 is 23.9 Å². The fourth-order valence-corrected chi connectivity index (χ4v) is 3.52. The van der Waals surface area contributed by atoms with E-state index in [0.29, 0.717) is 27.7 Å². The van der Waals surface area contributed by atoms with Crippen molar-refractivity contribution in [3.8, 4) is 5.75 Å². The number of carbonyl (C=O) groups excluding carboxylic acids is 1. The molecule has 32 heavy (non-hydrogen) atoms. The maximum atomic E-state index is 13.3. The lowest BCUT2D eigenvalue weighted by molar-refractivity contribution is -0.145. The molecule has 4 rings (SSSR count). The average Bonchev–Trinajstić information content (AvgIpc) is 3.18. The van der Waals surface area contributed by atoms with E-state index in [-0.39, 0.29) is 11.5 Å². The molecule has 2 heterocycles. The second-order valence-corrected chi connectivity index (χ2v) is 7.44. The number of hydrogen-bond donors (Lipinski definition) is 2. The number of carbonyl (C=O) groups is 1. The molecule has 0 fully saturated rings. The highest BCUT2D eigenvalue weighted by molar-refractivity contribution is 6.30. The molecule has 11 heteroatoms. The molecule has 2 aromatic carbocycles. The van der Waals surface area contributed by atoms with Gasteiger partial charge in [0.25, 0.3) is 11.7 Å². The van der Waals surface area contributed by atoms with E-state index in [1.807, 2.05) is 0 Å². The number of aromatic nitrogens is 3. The van der Waals surface area contributed by atoms with Crippen molar-refractivity contribution in [1.29, 1.82) is 0 Å². The van der Waals surface area contributed by atoms with Crippen LogP contribution in [0.25, 0.3) is 0 Å². The van der Waals surface area contributed by atoms with Crippen molar-refractivity contribution >= 4 is 29.1 Å². The minimum atomic E-state index is -4.74. The first-order valence-electron chi connectivity index (χ1n) is 9.40. The third-order valence-corrected chi connectivity index (χ3v) is 5.14. The minimum absolute atomic E-state index is 0.112. The highest BCUT2D eigenvalue weighted by Crippen LogP contribution is 2.38. The SMILES string of the molecule is COc1ccc(C2C(C(=O)Nc3ccc(Cl)cc3)=C(C)Nc3nc(C(F)(F)F)nn32)cc1. The Labute approximate surface area is 185 Å². The van der Waals surface area contributed by atoms with Gasteiger partial charge >= 0.3 is 6.18 Å². The standard InChI is InChI=1S/C21H17ClF3N5O2/c1-11-16(18(31)27-14-7-5-13(22)6-8-14)17(12-3-9-15(32-2)10-4-12)30-20(26-11)28-19(29-30)21(23,24)25/h3-10,17H,1-2H3,(H,27,31)(H,26,28,29). The van der Waals surface area contributed by atoms with Gasteiger partial charge in [-0.2, -0.15) is 18.2 Å². The zero-order chi connectivity index (χ0) is 23.0. The molecule has 1 aromatic heterocycles. The average molecular weight is 464 g/mol. The highest BCUT2D eigenvalue weighted by atomic mass is 35.5. The number of halogens is 4. The van der Waals surface area contributed by atoms with Crippen molar-refractivity contribution in [2.75, 3.05) is 17.7 Å². The van der Waals surface area contributed by atoms with Gasteiger partial charge in [0.05, 0.1) is 12.7 Å². The number of rotatable bonds is 4. The number of nitrogens with one attached hydrogen (secondary N) is 2. The molecule has 0 saturated heterocycles. The molecule has 1 aliphatic heterocycles. The van der Waals surface area contributed by atoms with Crippen molar-refractivity contribution in [3.05, 3.63) is 76.2 Å². The van der Waals surface area contributed by atoms with E-state index in [9.17, 15) is 18.0 Å². The van der Waals surface area contributed by atoms with Gasteiger partial charge in [-0.3, -0.25) is 4.79 Å². The normalized spacial score (nSPS) is 15.8. The predicted octanol–water partition coefficient (Wildman–Crippen LogP) is 4.89. The van der Waals surface area contributed by atoms with Crippen molar-refractivity contribution < 1.29 is 22.7 Å². The number of allylic oxidation sites excluding steroid dienone is 1. The van der Waals surface area contributed by atoms with Crippen LogP contribution in [-0.2, 0) is 11.0 Å². The smallest absolute Gasteiger partial charge is 0.453 e. The van der Waals surface area contributed by atoms with Gasteiger partial charge in [-0.05, 0) is 48.9 Å². The Morgan fingerprint density at radius 2 is 1.81 bits per heavy atom. The molecule has 3 aromatic rings. The Morgan fingerprint density at radius 1 is 1.16 bits per heavy atom. The molecule has 0 spiro atoms. The molecule has 166 valence electrons. The fourth-order valence-electron chi connectivity index (χ4n) is 3.39. The van der Waals surface area contributed by atoms with Gasteiger partial charge in [0.15, 0.2) is 0 Å². The van der Waals surface area contributed by atoms with Crippen LogP contribution in [0.1, 0.15) is 24.4 Å². The van der Waals surface area contributed by atoms with Crippen molar-refractivity contribution in [3.63, 3.8) is 0 Å². The summed E-state index contributed by atoms with van der Waals surface area (Å²) in [5.74, 6) is -1.36. The molecule has 0 bridgehead atoms. The van der Waals surface area contributed by atoms with Crippen LogP contribution in [0.3, 0.4) is 0 Å². The summed E-state index contributed by atoms with van der Waals surface area (Å²) < 4.78 is 46.1. The quantitative estimate of drug-likeness (QED) is 0.576. The van der Waals surface area contributed by atoms with Crippen molar-refractivity contribution in [2.45, 2.75) is 19.1 Å². The summed E-state index contributed by atoms with van der Waals surface area (Å²) in [6.07, 6.45) is -4.74. The predicted molar refractivity (Wildman–Crippen MR) is 113 cm³/mol. The van der Waals surface area contributed by atoms with Gasteiger partial charge < -0.3 is 15.4 Å². The Balaban J connectivity index is 1.79. The molecule has 2 N–H and O–H groups in total. The van der Waals surface area contributed by atoms with Crippen LogP contribution in [-0.4, -0.2) is 27.8 Å². The number of hydrogen-bond acceptors (Lipinski definition) is 5. The summed E-state index contributed by atoms with van der Waals surface area (Å²) in [6, 6.07) is 12.2. The van der Waals surface area contributed by atoms with Crippen molar-refractivity contribution in [2.24, 2.45) is 0 Å². The third-order valence-electron chi connectivity index (χ3n) is 4.88. The summed E-state index contributed by atoms with van der Waals surface area (Å²) in [5, 5.41) is 9.68. The molecule has 1 atom stereocenters. The van der Waals surface area contributed by atoms with Crippen LogP contribution < -0.4 is 15.4 Å². The maximum absolute atomic E-state index is 13.3. The molecule has 0 radical (unpaired) electrons. The Bertz CT molecular complexity index is 1190. The topological polar surface area (TPSA) is 81.1 Å². The number of amides is 1. The first kappa shape index (κ1) is 21.7. The number of alkyl halides is 3. The van der Waals surface area contributed by atoms with Gasteiger partial charge in [0, 0.05) is 16.4 Å². The maximum Gasteiger partial charge on any atom is 0.453 e. The number of methoxy groups -OCH3 is 1. The molecule has 0 saturated carbocycles. The number of fused-ring (bicyclic) bond motifs is 1. The largest absolute Gasteiger partial charge is 0.497 e. The van der Waals surface area contributed by atoms with E-state index in [4.69, 9.17) is 16.3 Å². The Kier molecular flexibility index (Phi) is 5.55. The van der Waals surface area contributed by atoms with Crippen LogP contribution in [0.15, 0.2) is 59.8 Å². The molecular weight excluding hydrogens is 447 g/mol. The second kappa shape index (κ2) is 8.19. The van der Waals surface area contributed by atoms with Gasteiger partial charge in [-0.15, -0.1) is 5.10 Å². The van der Waals surface area contributed by atoms with Gasteiger partial charge in [0.2, 0.25) is 5.95 Å². The number of anilines is 2. The number of ether oxygens (including phenoxy) is 1. The van der Waals surface area contributed by atoms with Crippen molar-refractivity contribution in [1.82, 2.24) is 14.8 Å². The summed E-state index contributed by atoms with van der Waals surface area (Å²) in [4.78, 5) is 16.8. The first-order chi connectivity index (χ1) is 15.2. The van der Waals surface area contributed by atoms with Crippen LogP contribution >= 0.6 is 11.6 Å². The lowest BCUT2D eigenvalue weighted by Gasteiger charge is -2.28.